The van der Waals surface area contributed by atoms with E-state index in [4.69, 9.17) is 10.2 Å². The first-order valence-corrected chi connectivity index (χ1v) is 11.1. The van der Waals surface area contributed by atoms with Gasteiger partial charge < -0.3 is 25.5 Å². The van der Waals surface area contributed by atoms with E-state index in [1.165, 1.54) is 18.5 Å². The van der Waals surface area contributed by atoms with Gasteiger partial charge in [-0.25, -0.2) is 14.4 Å². The zero-order valence-corrected chi connectivity index (χ0v) is 19.6. The molecular formula is C25H25ClFN5O3. The van der Waals surface area contributed by atoms with Gasteiger partial charge in [0.2, 0.25) is 11.6 Å². The largest absolute Gasteiger partial charge is 0.437 e. The topological polar surface area (TPSA) is 118 Å². The zero-order valence-electron chi connectivity index (χ0n) is 18.8. The van der Waals surface area contributed by atoms with Crippen LogP contribution < -0.4 is 16.0 Å². The monoisotopic (exact) mass is 497 g/mol. The van der Waals surface area contributed by atoms with Gasteiger partial charge in [-0.05, 0) is 54.8 Å². The summed E-state index contributed by atoms with van der Waals surface area (Å²) in [7, 11) is 0. The van der Waals surface area contributed by atoms with Gasteiger partial charge in [-0.3, -0.25) is 4.79 Å². The lowest BCUT2D eigenvalue weighted by atomic mass is 9.98. The molecule has 10 heteroatoms. The number of fused-ring (bicyclic) bond motifs is 1. The first-order chi connectivity index (χ1) is 16.5. The summed E-state index contributed by atoms with van der Waals surface area (Å²) in [5.74, 6) is 0.671. The first kappa shape index (κ1) is 24.6. The van der Waals surface area contributed by atoms with E-state index < -0.39 is 0 Å². The highest BCUT2D eigenvalue weighted by molar-refractivity contribution is 6.06. The second kappa shape index (κ2) is 10.4. The Labute approximate surface area is 207 Å². The number of carbonyl (C=O) groups is 1. The van der Waals surface area contributed by atoms with Crippen molar-refractivity contribution >= 4 is 40.9 Å². The maximum absolute atomic E-state index is 13.7. The number of anilines is 2. The molecule has 3 heterocycles. The SMILES string of the molecule is Cl.NCC(=O)Nc1ccc(-c2oc3ncnc(N4CCC(O)CC4)c3c2-c2ccc(F)cc2)cc1. The lowest BCUT2D eigenvalue weighted by Crippen LogP contribution is -2.36. The van der Waals surface area contributed by atoms with E-state index in [-0.39, 0.29) is 36.8 Å². The van der Waals surface area contributed by atoms with Gasteiger partial charge in [0.15, 0.2) is 0 Å². The quantitative estimate of drug-likeness (QED) is 0.382. The van der Waals surface area contributed by atoms with E-state index in [0.29, 0.717) is 43.1 Å². The van der Waals surface area contributed by atoms with Crippen LogP contribution in [0.15, 0.2) is 59.3 Å². The Morgan fingerprint density at radius 3 is 2.40 bits per heavy atom. The molecule has 0 bridgehead atoms. The summed E-state index contributed by atoms with van der Waals surface area (Å²) in [4.78, 5) is 22.7. The van der Waals surface area contributed by atoms with E-state index in [0.717, 1.165) is 27.9 Å². The van der Waals surface area contributed by atoms with Crippen LogP contribution in [-0.4, -0.2) is 46.7 Å². The number of amides is 1. The van der Waals surface area contributed by atoms with E-state index in [1.54, 1.807) is 24.3 Å². The number of nitrogens with one attached hydrogen (secondary N) is 1. The Morgan fingerprint density at radius 1 is 1.09 bits per heavy atom. The van der Waals surface area contributed by atoms with Gasteiger partial charge in [0.1, 0.15) is 23.7 Å². The summed E-state index contributed by atoms with van der Waals surface area (Å²) in [6.07, 6.45) is 2.45. The number of carbonyl (C=O) groups excluding carboxylic acids is 1. The van der Waals surface area contributed by atoms with Crippen LogP contribution in [0, 0.1) is 5.82 Å². The molecule has 8 nitrogen and oxygen atoms in total. The van der Waals surface area contributed by atoms with Crippen LogP contribution in [0.5, 0.6) is 0 Å². The number of halogens is 2. The second-order valence-corrected chi connectivity index (χ2v) is 8.24. The van der Waals surface area contributed by atoms with Crippen LogP contribution in [0.2, 0.25) is 0 Å². The van der Waals surface area contributed by atoms with Crippen molar-refractivity contribution in [3.8, 4) is 22.5 Å². The van der Waals surface area contributed by atoms with Crippen LogP contribution >= 0.6 is 12.4 Å². The highest BCUT2D eigenvalue weighted by Gasteiger charge is 2.26. The number of hydrogen-bond acceptors (Lipinski definition) is 7. The summed E-state index contributed by atoms with van der Waals surface area (Å²) in [5, 5.41) is 13.4. The van der Waals surface area contributed by atoms with Crippen molar-refractivity contribution in [2.24, 2.45) is 5.73 Å². The third kappa shape index (κ3) is 4.97. The fourth-order valence-electron chi connectivity index (χ4n) is 4.25. The number of aliphatic hydroxyl groups is 1. The van der Waals surface area contributed by atoms with Gasteiger partial charge in [0.25, 0.3) is 0 Å². The number of aromatic nitrogens is 2. The summed E-state index contributed by atoms with van der Waals surface area (Å²) in [5.41, 5.74) is 8.71. The van der Waals surface area contributed by atoms with Crippen molar-refractivity contribution in [1.82, 2.24) is 9.97 Å². The van der Waals surface area contributed by atoms with E-state index in [2.05, 4.69) is 20.2 Å². The van der Waals surface area contributed by atoms with Crippen molar-refractivity contribution in [1.29, 1.82) is 0 Å². The molecule has 0 spiro atoms. The number of aliphatic hydroxyl groups excluding tert-OH is 1. The van der Waals surface area contributed by atoms with E-state index in [9.17, 15) is 14.3 Å². The van der Waals surface area contributed by atoms with Crippen molar-refractivity contribution in [2.45, 2.75) is 18.9 Å². The molecule has 182 valence electrons. The lowest BCUT2D eigenvalue weighted by molar-refractivity contribution is -0.114. The molecule has 5 rings (SSSR count). The predicted octanol–water partition coefficient (Wildman–Crippen LogP) is 3.98. The van der Waals surface area contributed by atoms with Crippen LogP contribution in [0.1, 0.15) is 12.8 Å². The number of benzene rings is 2. The first-order valence-electron chi connectivity index (χ1n) is 11.1. The molecule has 4 N–H and O–H groups in total. The minimum atomic E-state index is -0.334. The smallest absolute Gasteiger partial charge is 0.238 e. The molecular weight excluding hydrogens is 473 g/mol. The average molecular weight is 498 g/mol. The third-order valence-electron chi connectivity index (χ3n) is 5.98. The van der Waals surface area contributed by atoms with Crippen molar-refractivity contribution in [2.75, 3.05) is 29.9 Å². The molecule has 0 radical (unpaired) electrons. The molecule has 1 fully saturated rings. The number of rotatable bonds is 5. The summed E-state index contributed by atoms with van der Waals surface area (Å²) in [6, 6.07) is 13.4. The fraction of sp³-hybridized carbons (Fsp3) is 0.240. The summed E-state index contributed by atoms with van der Waals surface area (Å²) < 4.78 is 20.0. The molecule has 0 saturated carbocycles. The number of nitrogens with two attached hydrogens (primary N) is 1. The zero-order chi connectivity index (χ0) is 23.7. The molecule has 2 aromatic carbocycles. The Morgan fingerprint density at radius 2 is 1.74 bits per heavy atom. The number of hydrogen-bond donors (Lipinski definition) is 3. The normalized spacial score (nSPS) is 14.1. The molecule has 1 amide bonds. The summed E-state index contributed by atoms with van der Waals surface area (Å²) in [6.45, 7) is 1.22. The average Bonchev–Trinajstić information content (AvgIpc) is 3.25. The van der Waals surface area contributed by atoms with E-state index >= 15 is 0 Å². The minimum Gasteiger partial charge on any atom is -0.437 e. The maximum Gasteiger partial charge on any atom is 0.238 e. The fourth-order valence-corrected chi connectivity index (χ4v) is 4.25. The van der Waals surface area contributed by atoms with Gasteiger partial charge >= 0.3 is 0 Å². The van der Waals surface area contributed by atoms with Crippen LogP contribution in [-0.2, 0) is 4.79 Å². The highest BCUT2D eigenvalue weighted by atomic mass is 35.5. The van der Waals surface area contributed by atoms with Crippen molar-refractivity contribution < 1.29 is 18.7 Å². The molecule has 0 atom stereocenters. The van der Waals surface area contributed by atoms with Crippen LogP contribution in [0.25, 0.3) is 33.6 Å². The molecule has 2 aromatic heterocycles. The molecule has 1 aliphatic rings. The van der Waals surface area contributed by atoms with Gasteiger partial charge in [0.05, 0.1) is 18.0 Å². The molecule has 0 aliphatic carbocycles. The Hall–Kier alpha value is -3.53. The predicted molar refractivity (Wildman–Crippen MR) is 135 cm³/mol. The number of nitrogens with zero attached hydrogens (tertiary/aromatic N) is 3. The molecule has 35 heavy (non-hydrogen) atoms. The molecule has 0 unspecified atom stereocenters. The second-order valence-electron chi connectivity index (χ2n) is 8.24. The standard InChI is InChI=1S/C25H24FN5O3.ClH/c26-17-5-1-15(2-6-17)21-22-24(31-11-9-19(32)10-12-31)28-14-29-25(22)34-23(21)16-3-7-18(8-4-16)30-20(33)13-27;/h1-8,14,19,32H,9-13,27H2,(H,30,33);1H. The van der Waals surface area contributed by atoms with Crippen molar-refractivity contribution in [3.63, 3.8) is 0 Å². The van der Waals surface area contributed by atoms with Gasteiger partial charge in [-0.15, -0.1) is 12.4 Å². The van der Waals surface area contributed by atoms with Gasteiger partial charge in [0, 0.05) is 29.9 Å². The van der Waals surface area contributed by atoms with Crippen LogP contribution in [0.3, 0.4) is 0 Å². The van der Waals surface area contributed by atoms with Gasteiger partial charge in [-0.1, -0.05) is 12.1 Å². The molecule has 4 aromatic rings. The highest BCUT2D eigenvalue weighted by Crippen LogP contribution is 2.44. The summed E-state index contributed by atoms with van der Waals surface area (Å²) >= 11 is 0. The van der Waals surface area contributed by atoms with E-state index in [1.807, 2.05) is 12.1 Å². The molecule has 1 aliphatic heterocycles. The minimum absolute atomic E-state index is 0. The molecule has 1 saturated heterocycles. The maximum atomic E-state index is 13.7. The van der Waals surface area contributed by atoms with Crippen LogP contribution in [0.4, 0.5) is 15.9 Å². The number of furan rings is 1. The Balaban J connectivity index is 0.00000289. The third-order valence-corrected chi connectivity index (χ3v) is 5.98. The lowest BCUT2D eigenvalue weighted by Gasteiger charge is -2.30. The Bertz CT molecular complexity index is 1320. The number of piperidine rings is 1. The van der Waals surface area contributed by atoms with Gasteiger partial charge in [-0.2, -0.15) is 0 Å². The Kier molecular flexibility index (Phi) is 7.30. The van der Waals surface area contributed by atoms with Crippen molar-refractivity contribution in [3.05, 3.63) is 60.7 Å².